The summed E-state index contributed by atoms with van der Waals surface area (Å²) in [6.07, 6.45) is 0.907. The van der Waals surface area contributed by atoms with E-state index >= 15 is 0 Å². The summed E-state index contributed by atoms with van der Waals surface area (Å²) in [7, 11) is 6.14. The fraction of sp³-hybridized carbons (Fsp3) is 0.545. The Morgan fingerprint density at radius 2 is 1.87 bits per heavy atom. The maximum atomic E-state index is 6.05. The molecule has 2 rings (SSSR count). The van der Waals surface area contributed by atoms with Crippen LogP contribution in [0, 0.1) is 13.8 Å². The highest BCUT2D eigenvalue weighted by Crippen LogP contribution is 2.21. The second kappa shape index (κ2) is 12.5. The Labute approximate surface area is 203 Å². The maximum absolute atomic E-state index is 6.05. The Kier molecular flexibility index (Phi) is 11.1. The maximum Gasteiger partial charge on any atom is 0.191 e. The average Bonchev–Trinajstić information content (AvgIpc) is 2.89. The zero-order chi connectivity index (χ0) is 21.6. The molecule has 168 valence electrons. The number of likely N-dealkylation sites (N-methyl/N-ethyl adjacent to an activating group) is 1. The van der Waals surface area contributed by atoms with Crippen LogP contribution < -0.4 is 10.6 Å². The van der Waals surface area contributed by atoms with Crippen LogP contribution in [0.4, 0.5) is 0 Å². The normalized spacial score (nSPS) is 13.7. The number of benzene rings is 1. The van der Waals surface area contributed by atoms with Gasteiger partial charge in [0, 0.05) is 30.4 Å². The number of halogens is 2. The number of nitrogens with zero attached hydrogens (tertiary/aromatic N) is 4. The van der Waals surface area contributed by atoms with Crippen LogP contribution in [0.25, 0.3) is 0 Å². The van der Waals surface area contributed by atoms with Gasteiger partial charge in [-0.25, -0.2) is 0 Å². The van der Waals surface area contributed by atoms with Crippen molar-refractivity contribution in [1.82, 2.24) is 25.3 Å². The lowest BCUT2D eigenvalue weighted by Crippen LogP contribution is -2.43. The van der Waals surface area contributed by atoms with E-state index in [1.54, 1.807) is 0 Å². The van der Waals surface area contributed by atoms with Gasteiger partial charge in [0.25, 0.3) is 0 Å². The number of nitrogens with one attached hydrogen (secondary N) is 2. The van der Waals surface area contributed by atoms with E-state index in [0.29, 0.717) is 6.54 Å². The molecule has 0 amide bonds. The number of guanidine groups is 1. The molecule has 2 N–H and O–H groups in total. The second-order valence-corrected chi connectivity index (χ2v) is 8.21. The molecular weight excluding hydrogens is 511 g/mol. The van der Waals surface area contributed by atoms with Crippen molar-refractivity contribution >= 4 is 41.5 Å². The van der Waals surface area contributed by atoms with Gasteiger partial charge in [0.1, 0.15) is 0 Å². The number of rotatable bonds is 8. The number of aromatic nitrogens is 2. The van der Waals surface area contributed by atoms with Crippen LogP contribution in [-0.4, -0.2) is 53.9 Å². The van der Waals surface area contributed by atoms with Crippen molar-refractivity contribution in [3.05, 3.63) is 51.8 Å². The molecule has 30 heavy (non-hydrogen) atoms. The van der Waals surface area contributed by atoms with E-state index in [1.807, 2.05) is 23.9 Å². The fourth-order valence-electron chi connectivity index (χ4n) is 3.45. The van der Waals surface area contributed by atoms with Gasteiger partial charge in [-0.2, -0.15) is 5.10 Å². The first-order valence-electron chi connectivity index (χ1n) is 10.2. The summed E-state index contributed by atoms with van der Waals surface area (Å²) in [5, 5.41) is 12.2. The van der Waals surface area contributed by atoms with Gasteiger partial charge in [-0.15, -0.1) is 24.0 Å². The molecule has 0 saturated heterocycles. The molecule has 2 atom stereocenters. The number of hydrogen-bond acceptors (Lipinski definition) is 3. The smallest absolute Gasteiger partial charge is 0.191 e. The van der Waals surface area contributed by atoms with Crippen molar-refractivity contribution in [3.63, 3.8) is 0 Å². The molecule has 0 bridgehead atoms. The van der Waals surface area contributed by atoms with E-state index in [2.05, 4.69) is 74.6 Å². The molecule has 8 heteroatoms. The third kappa shape index (κ3) is 7.42. The lowest BCUT2D eigenvalue weighted by molar-refractivity contribution is 0.306. The summed E-state index contributed by atoms with van der Waals surface area (Å²) in [4.78, 5) is 7.05. The van der Waals surface area contributed by atoms with Gasteiger partial charge in [0.15, 0.2) is 5.96 Å². The van der Waals surface area contributed by atoms with E-state index in [4.69, 9.17) is 16.6 Å². The molecule has 2 unspecified atom stereocenters. The second-order valence-electron chi connectivity index (χ2n) is 7.77. The fourth-order valence-corrected chi connectivity index (χ4v) is 3.58. The third-order valence-corrected chi connectivity index (χ3v) is 5.45. The van der Waals surface area contributed by atoms with Gasteiger partial charge >= 0.3 is 0 Å². The first-order valence-corrected chi connectivity index (χ1v) is 10.6. The highest BCUT2D eigenvalue weighted by Gasteiger charge is 2.16. The van der Waals surface area contributed by atoms with Crippen LogP contribution in [-0.2, 0) is 13.5 Å². The SMILES string of the molecule is CCNC(=NCC(c1ccc(Cl)cc1)N(C)C)NC(C)Cc1c(C)nn(C)c1C.I. The molecule has 0 radical (unpaired) electrons. The summed E-state index contributed by atoms with van der Waals surface area (Å²) >= 11 is 6.05. The Hall–Kier alpha value is -1.32. The van der Waals surface area contributed by atoms with E-state index in [0.717, 1.165) is 29.6 Å². The molecular formula is C22H36ClIN6. The van der Waals surface area contributed by atoms with Crippen LogP contribution in [0.1, 0.15) is 42.4 Å². The highest BCUT2D eigenvalue weighted by atomic mass is 127. The Morgan fingerprint density at radius 1 is 1.23 bits per heavy atom. The quantitative estimate of drug-likeness (QED) is 0.297. The minimum atomic E-state index is 0. The summed E-state index contributed by atoms with van der Waals surface area (Å²) in [6.45, 7) is 9.93. The van der Waals surface area contributed by atoms with Gasteiger partial charge in [-0.1, -0.05) is 23.7 Å². The standard InChI is InChI=1S/C22H35ClN6.HI/c1-8-24-22(26-15(2)13-20-16(3)27-29(7)17(20)4)25-14-21(28(5)6)18-9-11-19(23)12-10-18;/h9-12,15,21H,8,13-14H2,1-7H3,(H2,24,25,26);1H. The Balaban J connectivity index is 0.00000450. The molecule has 0 aliphatic carbocycles. The molecule has 0 aliphatic rings. The van der Waals surface area contributed by atoms with Crippen LogP contribution in [0.15, 0.2) is 29.3 Å². The molecule has 0 saturated carbocycles. The van der Waals surface area contributed by atoms with Crippen LogP contribution in [0.3, 0.4) is 0 Å². The number of aliphatic imine (C=N–C) groups is 1. The lowest BCUT2D eigenvalue weighted by atomic mass is 10.1. The van der Waals surface area contributed by atoms with Crippen molar-refractivity contribution < 1.29 is 0 Å². The Morgan fingerprint density at radius 3 is 2.37 bits per heavy atom. The molecule has 1 aromatic heterocycles. The molecule has 1 aromatic carbocycles. The minimum Gasteiger partial charge on any atom is -0.357 e. The molecule has 1 heterocycles. The number of hydrogen-bond donors (Lipinski definition) is 2. The van der Waals surface area contributed by atoms with E-state index in [-0.39, 0.29) is 36.1 Å². The first-order chi connectivity index (χ1) is 13.7. The minimum absolute atomic E-state index is 0. The van der Waals surface area contributed by atoms with Crippen molar-refractivity contribution in [2.75, 3.05) is 27.2 Å². The van der Waals surface area contributed by atoms with Crippen molar-refractivity contribution in [2.45, 2.75) is 46.2 Å². The average molecular weight is 547 g/mol. The van der Waals surface area contributed by atoms with Gasteiger partial charge < -0.3 is 15.5 Å². The largest absolute Gasteiger partial charge is 0.357 e. The molecule has 0 aliphatic heterocycles. The molecule has 0 spiro atoms. The topological polar surface area (TPSA) is 57.5 Å². The van der Waals surface area contributed by atoms with E-state index < -0.39 is 0 Å². The Bertz CT molecular complexity index is 816. The summed E-state index contributed by atoms with van der Waals surface area (Å²) in [5.74, 6) is 0.833. The van der Waals surface area contributed by atoms with Crippen LogP contribution >= 0.6 is 35.6 Å². The zero-order valence-electron chi connectivity index (χ0n) is 19.2. The zero-order valence-corrected chi connectivity index (χ0v) is 22.2. The monoisotopic (exact) mass is 546 g/mol. The van der Waals surface area contributed by atoms with Gasteiger partial charge in [-0.3, -0.25) is 9.67 Å². The van der Waals surface area contributed by atoms with Crippen molar-refractivity contribution in [2.24, 2.45) is 12.0 Å². The van der Waals surface area contributed by atoms with Gasteiger partial charge in [-0.05, 0) is 71.5 Å². The molecule has 2 aromatic rings. The molecule has 6 nitrogen and oxygen atoms in total. The van der Waals surface area contributed by atoms with Gasteiger partial charge in [0.05, 0.1) is 18.3 Å². The summed E-state index contributed by atoms with van der Waals surface area (Å²) < 4.78 is 1.95. The third-order valence-electron chi connectivity index (χ3n) is 5.20. The summed E-state index contributed by atoms with van der Waals surface area (Å²) in [6, 6.07) is 8.42. The van der Waals surface area contributed by atoms with E-state index in [1.165, 1.54) is 16.8 Å². The molecule has 0 fully saturated rings. The van der Waals surface area contributed by atoms with Crippen molar-refractivity contribution in [1.29, 1.82) is 0 Å². The number of aryl methyl sites for hydroxylation is 2. The summed E-state index contributed by atoms with van der Waals surface area (Å²) in [5.41, 5.74) is 4.81. The first kappa shape index (κ1) is 26.7. The predicted octanol–water partition coefficient (Wildman–Crippen LogP) is 4.10. The predicted molar refractivity (Wildman–Crippen MR) is 138 cm³/mol. The highest BCUT2D eigenvalue weighted by molar-refractivity contribution is 14.0. The van der Waals surface area contributed by atoms with Crippen LogP contribution in [0.2, 0.25) is 5.02 Å². The van der Waals surface area contributed by atoms with Crippen LogP contribution in [0.5, 0.6) is 0 Å². The van der Waals surface area contributed by atoms with Crippen molar-refractivity contribution in [3.8, 4) is 0 Å². The van der Waals surface area contributed by atoms with Gasteiger partial charge in [0.2, 0.25) is 0 Å². The van der Waals surface area contributed by atoms with E-state index in [9.17, 15) is 0 Å². The lowest BCUT2D eigenvalue weighted by Gasteiger charge is -2.24.